The van der Waals surface area contributed by atoms with Gasteiger partial charge in [-0.25, -0.2) is 9.37 Å². The number of allylic oxidation sites excluding steroid dienone is 1. The predicted molar refractivity (Wildman–Crippen MR) is 128 cm³/mol. The molecule has 6 heterocycles. The summed E-state index contributed by atoms with van der Waals surface area (Å²) in [4.78, 5) is 20.2. The molecule has 3 aliphatic heterocycles. The van der Waals surface area contributed by atoms with Gasteiger partial charge in [0.05, 0.1) is 25.5 Å². The number of benzene rings is 1. The average molecular weight is 457 g/mol. The van der Waals surface area contributed by atoms with Crippen LogP contribution in [0.4, 0.5) is 4.39 Å². The van der Waals surface area contributed by atoms with E-state index in [4.69, 9.17) is 9.72 Å². The van der Waals surface area contributed by atoms with E-state index in [-0.39, 0.29) is 6.01 Å². The summed E-state index contributed by atoms with van der Waals surface area (Å²) in [7, 11) is 1.55. The van der Waals surface area contributed by atoms with Crippen molar-refractivity contribution in [1.29, 1.82) is 0 Å². The van der Waals surface area contributed by atoms with E-state index in [1.165, 1.54) is 36.2 Å². The Morgan fingerprint density at radius 2 is 1.91 bits per heavy atom. The van der Waals surface area contributed by atoms with Gasteiger partial charge in [0.25, 0.3) is 0 Å². The highest BCUT2D eigenvalue weighted by Crippen LogP contribution is 2.37. The number of ether oxygens (including phenoxy) is 1. The molecule has 3 aliphatic rings. The molecule has 3 aromatic heterocycles. The van der Waals surface area contributed by atoms with Gasteiger partial charge in [0, 0.05) is 31.0 Å². The van der Waals surface area contributed by atoms with Gasteiger partial charge in [-0.2, -0.15) is 9.97 Å². The van der Waals surface area contributed by atoms with E-state index in [1.54, 1.807) is 13.3 Å². The summed E-state index contributed by atoms with van der Waals surface area (Å²) in [6, 6.07) is 10.4. The number of aromatic nitrogens is 5. The van der Waals surface area contributed by atoms with E-state index in [9.17, 15) is 4.39 Å². The molecule has 1 saturated heterocycles. The number of imidazole rings is 1. The maximum absolute atomic E-state index is 14.0. The third kappa shape index (κ3) is 3.59. The van der Waals surface area contributed by atoms with Gasteiger partial charge >= 0.3 is 6.01 Å². The Morgan fingerprint density at radius 1 is 1.06 bits per heavy atom. The second-order valence-electron chi connectivity index (χ2n) is 8.98. The van der Waals surface area contributed by atoms with Crippen LogP contribution in [0, 0.1) is 18.7 Å². The van der Waals surface area contributed by atoms with Crippen LogP contribution >= 0.6 is 0 Å². The highest BCUT2D eigenvalue weighted by atomic mass is 19.1. The molecule has 0 spiro atoms. The maximum atomic E-state index is 14.0. The Balaban J connectivity index is 1.47. The number of halogens is 1. The van der Waals surface area contributed by atoms with Gasteiger partial charge in [-0.1, -0.05) is 18.2 Å². The van der Waals surface area contributed by atoms with Crippen LogP contribution in [0.5, 0.6) is 6.01 Å². The first-order valence-corrected chi connectivity index (χ1v) is 11.5. The Morgan fingerprint density at radius 3 is 2.65 bits per heavy atom. The average Bonchev–Trinajstić information content (AvgIpc) is 3.23. The van der Waals surface area contributed by atoms with E-state index in [1.807, 2.05) is 11.5 Å². The van der Waals surface area contributed by atoms with Crippen molar-refractivity contribution in [3.05, 3.63) is 71.6 Å². The van der Waals surface area contributed by atoms with Gasteiger partial charge in [-0.3, -0.25) is 4.98 Å². The highest BCUT2D eigenvalue weighted by Gasteiger charge is 2.28. The number of piperidine rings is 1. The molecule has 0 radical (unpaired) electrons. The fourth-order valence-corrected chi connectivity index (χ4v) is 5.09. The Hall–Kier alpha value is -3.81. The lowest BCUT2D eigenvalue weighted by atomic mass is 9.82. The molecule has 0 amide bonds. The quantitative estimate of drug-likeness (QED) is 0.442. The van der Waals surface area contributed by atoms with Crippen molar-refractivity contribution in [2.24, 2.45) is 5.92 Å². The third-order valence-corrected chi connectivity index (χ3v) is 6.79. The standard InChI is InChI=1S/C26H25FN6O/c1-16-23-25(31-26(29-16)34-2)33(24(30-23)20-11-21(27)13-28-12-20)14-17-4-3-5-19(10-17)22-15-32-8-6-18(22)7-9-32/h3-5,10-13,15,18H,6-9,14H2,1-2H3. The summed E-state index contributed by atoms with van der Waals surface area (Å²) in [5.41, 5.74) is 6.41. The molecule has 1 fully saturated rings. The summed E-state index contributed by atoms with van der Waals surface area (Å²) in [6.45, 7) is 4.71. The summed E-state index contributed by atoms with van der Waals surface area (Å²) < 4.78 is 21.4. The molecule has 8 heteroatoms. The second kappa shape index (κ2) is 8.20. The van der Waals surface area contributed by atoms with Crippen LogP contribution < -0.4 is 4.74 Å². The van der Waals surface area contributed by atoms with Crippen molar-refractivity contribution >= 4 is 16.7 Å². The molecular weight excluding hydrogens is 431 g/mol. The summed E-state index contributed by atoms with van der Waals surface area (Å²) in [5.74, 6) is 0.816. The van der Waals surface area contributed by atoms with Gasteiger partial charge in [0.1, 0.15) is 17.2 Å². The highest BCUT2D eigenvalue weighted by molar-refractivity contribution is 5.79. The molecule has 7 nitrogen and oxygen atoms in total. The molecule has 0 N–H and O–H groups in total. The number of hydrogen-bond acceptors (Lipinski definition) is 6. The Bertz CT molecular complexity index is 1420. The predicted octanol–water partition coefficient (Wildman–Crippen LogP) is 4.46. The molecule has 1 aromatic carbocycles. The van der Waals surface area contributed by atoms with E-state index < -0.39 is 5.82 Å². The van der Waals surface area contributed by atoms with Crippen molar-refractivity contribution in [2.75, 3.05) is 20.2 Å². The number of nitrogens with zero attached hydrogens (tertiary/aromatic N) is 6. The number of hydrogen-bond donors (Lipinski definition) is 0. The zero-order chi connectivity index (χ0) is 23.2. The van der Waals surface area contributed by atoms with Gasteiger partial charge < -0.3 is 14.2 Å². The summed E-state index contributed by atoms with van der Waals surface area (Å²) >= 11 is 0. The van der Waals surface area contributed by atoms with E-state index >= 15 is 0 Å². The number of aryl methyl sites for hydroxylation is 1. The zero-order valence-electron chi connectivity index (χ0n) is 19.2. The molecule has 0 unspecified atom stereocenters. The van der Waals surface area contributed by atoms with E-state index in [0.29, 0.717) is 40.7 Å². The minimum atomic E-state index is -0.409. The lowest BCUT2D eigenvalue weighted by Crippen LogP contribution is -2.35. The molecule has 7 rings (SSSR count). The first kappa shape index (κ1) is 20.8. The monoisotopic (exact) mass is 456 g/mol. The zero-order valence-corrected chi connectivity index (χ0v) is 19.2. The van der Waals surface area contributed by atoms with Gasteiger partial charge in [0.15, 0.2) is 5.65 Å². The maximum Gasteiger partial charge on any atom is 0.318 e. The number of rotatable bonds is 5. The molecule has 2 bridgehead atoms. The largest absolute Gasteiger partial charge is 0.467 e. The van der Waals surface area contributed by atoms with E-state index in [0.717, 1.165) is 18.7 Å². The lowest BCUT2D eigenvalue weighted by Gasteiger charge is -2.39. The normalized spacial score (nSPS) is 15.7. The Labute approximate surface area is 197 Å². The number of pyridine rings is 1. The van der Waals surface area contributed by atoms with Crippen LogP contribution in [-0.4, -0.2) is 49.6 Å². The number of methoxy groups -OCH3 is 1. The minimum absolute atomic E-state index is 0.279. The first-order chi connectivity index (χ1) is 16.6. The summed E-state index contributed by atoms with van der Waals surface area (Å²) in [6.07, 6.45) is 7.57. The first-order valence-electron chi connectivity index (χ1n) is 11.5. The van der Waals surface area contributed by atoms with Gasteiger partial charge in [-0.05, 0) is 54.5 Å². The molecule has 0 aliphatic carbocycles. The fraction of sp³-hybridized carbons (Fsp3) is 0.308. The Kier molecular flexibility index (Phi) is 5.01. The second-order valence-corrected chi connectivity index (χ2v) is 8.98. The SMILES string of the molecule is COc1nc(C)c2nc(-c3cncc(F)c3)n(Cc3cccc(C4=CN5CCC4CC5)c3)c2n1. The van der Waals surface area contributed by atoms with Crippen molar-refractivity contribution in [1.82, 2.24) is 29.4 Å². The van der Waals surface area contributed by atoms with Gasteiger partial charge in [0.2, 0.25) is 0 Å². The lowest BCUT2D eigenvalue weighted by molar-refractivity contribution is 0.252. The molecule has 34 heavy (non-hydrogen) atoms. The van der Waals surface area contributed by atoms with Crippen LogP contribution in [0.15, 0.2) is 48.9 Å². The smallest absolute Gasteiger partial charge is 0.318 e. The molecule has 0 saturated carbocycles. The van der Waals surface area contributed by atoms with Crippen molar-refractivity contribution < 1.29 is 9.13 Å². The van der Waals surface area contributed by atoms with Crippen LogP contribution in [0.25, 0.3) is 28.1 Å². The summed E-state index contributed by atoms with van der Waals surface area (Å²) in [5, 5.41) is 0. The van der Waals surface area contributed by atoms with Crippen LogP contribution in [0.1, 0.15) is 29.7 Å². The van der Waals surface area contributed by atoms with Crippen LogP contribution in [0.3, 0.4) is 0 Å². The topological polar surface area (TPSA) is 69.0 Å². The molecule has 4 aromatic rings. The van der Waals surface area contributed by atoms with Gasteiger partial charge in [-0.15, -0.1) is 0 Å². The molecular formula is C26H25FN6O. The molecule has 172 valence electrons. The molecule has 0 atom stereocenters. The van der Waals surface area contributed by atoms with Crippen molar-refractivity contribution in [2.45, 2.75) is 26.3 Å². The number of fused-ring (bicyclic) bond motifs is 3. The van der Waals surface area contributed by atoms with E-state index in [2.05, 4.69) is 50.3 Å². The van der Waals surface area contributed by atoms with Crippen molar-refractivity contribution in [3.63, 3.8) is 0 Å². The third-order valence-electron chi connectivity index (χ3n) is 6.79. The van der Waals surface area contributed by atoms with Crippen LogP contribution in [-0.2, 0) is 6.54 Å². The fourth-order valence-electron chi connectivity index (χ4n) is 5.09. The minimum Gasteiger partial charge on any atom is -0.467 e. The van der Waals surface area contributed by atoms with Crippen LogP contribution in [0.2, 0.25) is 0 Å². The van der Waals surface area contributed by atoms with Crippen molar-refractivity contribution in [3.8, 4) is 17.4 Å².